The molecule has 14 heavy (non-hydrogen) atoms. The van der Waals surface area contributed by atoms with Crippen LogP contribution in [0.25, 0.3) is 0 Å². The fourth-order valence-electron chi connectivity index (χ4n) is 1.83. The zero-order valence-electron chi connectivity index (χ0n) is 9.33. The first-order valence-electron chi connectivity index (χ1n) is 4.33. The minimum atomic E-state index is 0. The largest absolute Gasteiger partial charge is 2.00 e. The van der Waals surface area contributed by atoms with E-state index < -0.39 is 0 Å². The van der Waals surface area contributed by atoms with Crippen molar-refractivity contribution in [1.82, 2.24) is 4.90 Å². The molecular weight excluding hydrogens is 209 g/mol. The Labute approximate surface area is 99.4 Å². The average molecular weight is 226 g/mol. The van der Waals surface area contributed by atoms with E-state index in [-0.39, 0.29) is 31.5 Å². The molecular formula is C12H17NV. The summed E-state index contributed by atoms with van der Waals surface area (Å²) < 4.78 is 0. The van der Waals surface area contributed by atoms with Crippen LogP contribution in [-0.4, -0.2) is 11.9 Å². The summed E-state index contributed by atoms with van der Waals surface area (Å²) in [6.07, 6.45) is 0. The number of fused-ring (bicyclic) bond motifs is 1. The minimum absolute atomic E-state index is 0. The van der Waals surface area contributed by atoms with Crippen molar-refractivity contribution in [1.29, 1.82) is 0 Å². The van der Waals surface area contributed by atoms with E-state index >= 15 is 0 Å². The maximum absolute atomic E-state index is 3.14. The van der Waals surface area contributed by atoms with E-state index in [2.05, 4.69) is 44.0 Å². The van der Waals surface area contributed by atoms with Crippen LogP contribution in [0.5, 0.6) is 0 Å². The van der Waals surface area contributed by atoms with Gasteiger partial charge in [0, 0.05) is 6.54 Å². The first-order valence-corrected chi connectivity index (χ1v) is 4.33. The van der Waals surface area contributed by atoms with Crippen molar-refractivity contribution >= 4 is 0 Å². The second-order valence-corrected chi connectivity index (χ2v) is 4.00. The van der Waals surface area contributed by atoms with Gasteiger partial charge in [-0.25, -0.2) is 0 Å². The van der Waals surface area contributed by atoms with Gasteiger partial charge in [-0.3, -0.25) is 0 Å². The van der Waals surface area contributed by atoms with Crippen molar-refractivity contribution in [2.24, 2.45) is 0 Å². The quantitative estimate of drug-likeness (QED) is 0.615. The summed E-state index contributed by atoms with van der Waals surface area (Å²) >= 11 is 0. The summed E-state index contributed by atoms with van der Waals surface area (Å²) in [6.45, 7) is 5.58. The van der Waals surface area contributed by atoms with Crippen LogP contribution in [0.2, 0.25) is 0 Å². The Balaban J connectivity index is 0.000000845. The topological polar surface area (TPSA) is 3.24 Å². The van der Waals surface area contributed by atoms with Crippen LogP contribution in [0.4, 0.5) is 0 Å². The van der Waals surface area contributed by atoms with Gasteiger partial charge in [0.05, 0.1) is 0 Å². The molecule has 0 amide bonds. The molecule has 2 rings (SSSR count). The van der Waals surface area contributed by atoms with Gasteiger partial charge in [0.2, 0.25) is 0 Å². The third-order valence-corrected chi connectivity index (χ3v) is 2.98. The van der Waals surface area contributed by atoms with Gasteiger partial charge in [0.15, 0.2) is 0 Å². The summed E-state index contributed by atoms with van der Waals surface area (Å²) in [4.78, 5) is 2.37. The molecule has 0 saturated carbocycles. The summed E-state index contributed by atoms with van der Waals surface area (Å²) in [6, 6.07) is 9.41. The molecule has 0 atom stereocenters. The molecule has 0 saturated heterocycles. The fourth-order valence-corrected chi connectivity index (χ4v) is 1.83. The molecule has 1 nitrogen and oxygen atoms in total. The molecule has 0 N–H and O–H groups in total. The van der Waals surface area contributed by atoms with Gasteiger partial charge in [0.25, 0.3) is 0 Å². The van der Waals surface area contributed by atoms with Crippen molar-refractivity contribution in [3.8, 4) is 0 Å². The van der Waals surface area contributed by atoms with Crippen molar-refractivity contribution < 1.29 is 18.6 Å². The van der Waals surface area contributed by atoms with Gasteiger partial charge in [0.1, 0.15) is 0 Å². The maximum Gasteiger partial charge on any atom is 2.00 e. The molecule has 1 heterocycles. The van der Waals surface area contributed by atoms with Crippen LogP contribution in [0.15, 0.2) is 18.2 Å². The Morgan fingerprint density at radius 1 is 1.43 bits per heavy atom. The number of hydrogen-bond donors (Lipinski definition) is 0. The van der Waals surface area contributed by atoms with E-state index in [0.29, 0.717) is 0 Å². The molecule has 1 aromatic carbocycles. The van der Waals surface area contributed by atoms with Gasteiger partial charge in [-0.05, 0) is 12.6 Å². The summed E-state index contributed by atoms with van der Waals surface area (Å²) in [5, 5.41) is 0. The van der Waals surface area contributed by atoms with Gasteiger partial charge in [-0.1, -0.05) is 13.8 Å². The van der Waals surface area contributed by atoms with E-state index in [4.69, 9.17) is 0 Å². The molecule has 0 spiro atoms. The van der Waals surface area contributed by atoms with Crippen LogP contribution >= 0.6 is 0 Å². The molecule has 1 aliphatic rings. The normalized spacial score (nSPS) is 17.9. The molecule has 0 bridgehead atoms. The van der Waals surface area contributed by atoms with Crippen molar-refractivity contribution in [3.63, 3.8) is 0 Å². The molecule has 2 heteroatoms. The molecule has 75 valence electrons. The summed E-state index contributed by atoms with van der Waals surface area (Å²) in [5.41, 5.74) is 3.06. The van der Waals surface area contributed by atoms with Crippen LogP contribution in [0.1, 0.15) is 25.0 Å². The Kier molecular flexibility index (Phi) is 4.45. The number of benzene rings is 1. The van der Waals surface area contributed by atoms with E-state index in [1.54, 1.807) is 0 Å². The zero-order valence-corrected chi connectivity index (χ0v) is 10.7. The molecule has 0 aromatic heterocycles. The first kappa shape index (κ1) is 13.8. The molecule has 1 radical (unpaired) electrons. The van der Waals surface area contributed by atoms with Crippen molar-refractivity contribution in [2.75, 3.05) is 7.05 Å². The van der Waals surface area contributed by atoms with E-state index in [1.165, 1.54) is 11.1 Å². The van der Waals surface area contributed by atoms with Crippen LogP contribution in [0, 0.1) is 13.5 Å². The van der Waals surface area contributed by atoms with Crippen molar-refractivity contribution in [3.05, 3.63) is 42.8 Å². The predicted octanol–water partition coefficient (Wildman–Crippen LogP) is 2.62. The Hall–Kier alpha value is -0.236. The van der Waals surface area contributed by atoms with E-state index in [0.717, 1.165) is 6.54 Å². The van der Waals surface area contributed by atoms with Crippen LogP contribution < -0.4 is 0 Å². The van der Waals surface area contributed by atoms with E-state index in [1.807, 2.05) is 6.07 Å². The third-order valence-electron chi connectivity index (χ3n) is 2.98. The third kappa shape index (κ3) is 1.90. The standard InChI is InChI=1S/C11H14N.CH3.V/c1-11(2)10-7-5-4-6-9(10)8-12(11)3;;/h4,6-7H,8H2,1-3H3;1H3;/q2*-1;+2. The summed E-state index contributed by atoms with van der Waals surface area (Å²) in [7, 11) is 2.17. The fraction of sp³-hybridized carbons (Fsp3) is 0.417. The average Bonchev–Trinajstić information content (AvgIpc) is 2.25. The van der Waals surface area contributed by atoms with Gasteiger partial charge in [-0.15, -0.1) is 11.1 Å². The monoisotopic (exact) mass is 226 g/mol. The Morgan fingerprint density at radius 2 is 2.07 bits per heavy atom. The molecule has 1 aliphatic heterocycles. The maximum atomic E-state index is 3.14. The molecule has 0 fully saturated rings. The Bertz CT molecular complexity index is 307. The van der Waals surface area contributed by atoms with Crippen molar-refractivity contribution in [2.45, 2.75) is 25.9 Å². The second kappa shape index (κ2) is 4.52. The minimum Gasteiger partial charge on any atom is -0.358 e. The molecule has 0 unspecified atom stereocenters. The smallest absolute Gasteiger partial charge is 0.358 e. The summed E-state index contributed by atoms with van der Waals surface area (Å²) in [5.74, 6) is 0. The predicted molar refractivity (Wildman–Crippen MR) is 56.2 cm³/mol. The molecule has 1 aromatic rings. The first-order chi connectivity index (χ1) is 5.62. The Morgan fingerprint density at radius 3 is 2.64 bits per heavy atom. The number of nitrogens with zero attached hydrogens (tertiary/aromatic N) is 1. The number of hydrogen-bond acceptors (Lipinski definition) is 1. The zero-order chi connectivity index (χ0) is 8.77. The van der Waals surface area contributed by atoms with Gasteiger partial charge >= 0.3 is 18.6 Å². The van der Waals surface area contributed by atoms with E-state index in [9.17, 15) is 0 Å². The van der Waals surface area contributed by atoms with Gasteiger partial charge in [-0.2, -0.15) is 24.3 Å². The van der Waals surface area contributed by atoms with Gasteiger partial charge < -0.3 is 12.3 Å². The SMILES string of the molecule is CN1Cc2cc[c-]cc2C1(C)C.[CH3-].[V+2]. The molecule has 0 aliphatic carbocycles. The second-order valence-electron chi connectivity index (χ2n) is 4.00. The van der Waals surface area contributed by atoms with Crippen LogP contribution in [-0.2, 0) is 30.6 Å². The number of rotatable bonds is 0. The van der Waals surface area contributed by atoms with Crippen LogP contribution in [0.3, 0.4) is 0 Å².